The van der Waals surface area contributed by atoms with E-state index >= 15 is 0 Å². The van der Waals surface area contributed by atoms with Crippen LogP contribution in [-0.2, 0) is 10.0 Å². The van der Waals surface area contributed by atoms with Crippen LogP contribution >= 0.6 is 43.5 Å². The van der Waals surface area contributed by atoms with Gasteiger partial charge in [-0.3, -0.25) is 4.72 Å². The predicted molar refractivity (Wildman–Crippen MR) is 128 cm³/mol. The molecule has 1 unspecified atom stereocenters. The first kappa shape index (κ1) is 21.4. The van der Waals surface area contributed by atoms with E-state index in [1.807, 2.05) is 36.4 Å². The SMILES string of the molecule is O=S(=O)(Nc1ccc(C2=NNC(c3ccc(Cl)cc3)C2)cc1)c1cc(Br)ccc1Br. The van der Waals surface area contributed by atoms with E-state index in [4.69, 9.17) is 11.6 Å². The Labute approximate surface area is 196 Å². The summed E-state index contributed by atoms with van der Waals surface area (Å²) in [6, 6.07) is 20.0. The lowest BCUT2D eigenvalue weighted by atomic mass is 9.99. The minimum Gasteiger partial charge on any atom is -0.302 e. The van der Waals surface area contributed by atoms with Crippen LogP contribution in [0.15, 0.2) is 85.7 Å². The number of rotatable bonds is 5. The molecule has 0 aromatic heterocycles. The fourth-order valence-corrected chi connectivity index (χ4v) is 5.82. The first-order chi connectivity index (χ1) is 14.3. The van der Waals surface area contributed by atoms with Crippen LogP contribution in [0.3, 0.4) is 0 Å². The number of halogens is 3. The Morgan fingerprint density at radius 1 is 1.00 bits per heavy atom. The lowest BCUT2D eigenvalue weighted by Crippen LogP contribution is -2.13. The van der Waals surface area contributed by atoms with Crippen LogP contribution < -0.4 is 10.1 Å². The van der Waals surface area contributed by atoms with E-state index in [1.165, 1.54) is 0 Å². The Hall–Kier alpha value is -1.87. The molecule has 0 saturated carbocycles. The highest BCUT2D eigenvalue weighted by atomic mass is 79.9. The molecule has 1 aliphatic rings. The van der Waals surface area contributed by atoms with Crippen molar-refractivity contribution in [2.24, 2.45) is 5.10 Å². The molecule has 154 valence electrons. The molecule has 9 heteroatoms. The Bertz CT molecular complexity index is 1210. The van der Waals surface area contributed by atoms with Crippen LogP contribution in [0.1, 0.15) is 23.6 Å². The number of nitrogens with zero attached hydrogens (tertiary/aromatic N) is 1. The Morgan fingerprint density at radius 2 is 1.70 bits per heavy atom. The van der Waals surface area contributed by atoms with Crippen molar-refractivity contribution in [3.8, 4) is 0 Å². The van der Waals surface area contributed by atoms with E-state index < -0.39 is 10.0 Å². The first-order valence-electron chi connectivity index (χ1n) is 8.98. The fourth-order valence-electron chi connectivity index (χ4n) is 3.13. The molecule has 5 nitrogen and oxygen atoms in total. The molecule has 0 bridgehead atoms. The standard InChI is InChI=1S/C21H16Br2ClN3O2S/c22-15-5-10-18(23)21(11-15)30(28,29)27-17-8-3-14(4-9-17)20-12-19(25-26-20)13-1-6-16(24)7-2-13/h1-11,19,25,27H,12H2. The van der Waals surface area contributed by atoms with E-state index in [-0.39, 0.29) is 10.9 Å². The first-order valence-corrected chi connectivity index (χ1v) is 12.4. The summed E-state index contributed by atoms with van der Waals surface area (Å²) in [6.45, 7) is 0. The van der Waals surface area contributed by atoms with E-state index in [0.29, 0.717) is 19.7 Å². The summed E-state index contributed by atoms with van der Waals surface area (Å²) < 4.78 is 29.3. The van der Waals surface area contributed by atoms with E-state index in [0.717, 1.165) is 23.3 Å². The van der Waals surface area contributed by atoms with Crippen molar-refractivity contribution >= 4 is 64.9 Å². The molecule has 4 rings (SSSR count). The average molecular weight is 570 g/mol. The number of sulfonamides is 1. The van der Waals surface area contributed by atoms with Crippen LogP contribution in [-0.4, -0.2) is 14.1 Å². The second-order valence-electron chi connectivity index (χ2n) is 6.75. The summed E-state index contributed by atoms with van der Waals surface area (Å²) in [5, 5.41) is 5.14. The van der Waals surface area contributed by atoms with Gasteiger partial charge < -0.3 is 5.43 Å². The number of hydrogen-bond acceptors (Lipinski definition) is 4. The molecule has 0 spiro atoms. The van der Waals surface area contributed by atoms with Crippen molar-refractivity contribution in [1.29, 1.82) is 0 Å². The summed E-state index contributed by atoms with van der Waals surface area (Å²) in [7, 11) is -3.73. The molecule has 1 heterocycles. The fraction of sp³-hybridized carbons (Fsp3) is 0.0952. The van der Waals surface area contributed by atoms with Crippen LogP contribution in [0.2, 0.25) is 5.02 Å². The van der Waals surface area contributed by atoms with Crippen molar-refractivity contribution in [2.75, 3.05) is 4.72 Å². The number of hydrogen-bond donors (Lipinski definition) is 2. The van der Waals surface area contributed by atoms with Gasteiger partial charge >= 0.3 is 0 Å². The number of hydrazone groups is 1. The molecule has 0 aliphatic carbocycles. The summed E-state index contributed by atoms with van der Waals surface area (Å²) in [6.07, 6.45) is 0.734. The molecular weight excluding hydrogens is 554 g/mol. The zero-order valence-electron chi connectivity index (χ0n) is 15.4. The van der Waals surface area contributed by atoms with E-state index in [9.17, 15) is 8.42 Å². The molecule has 2 N–H and O–H groups in total. The van der Waals surface area contributed by atoms with Gasteiger partial charge in [0.15, 0.2) is 0 Å². The lowest BCUT2D eigenvalue weighted by Gasteiger charge is -2.11. The quantitative estimate of drug-likeness (QED) is 0.390. The van der Waals surface area contributed by atoms with Gasteiger partial charge in [-0.25, -0.2) is 8.42 Å². The maximum Gasteiger partial charge on any atom is 0.263 e. The van der Waals surface area contributed by atoms with Crippen molar-refractivity contribution < 1.29 is 8.42 Å². The van der Waals surface area contributed by atoms with Gasteiger partial charge in [0.25, 0.3) is 10.0 Å². The van der Waals surface area contributed by atoms with Gasteiger partial charge in [-0.15, -0.1) is 0 Å². The van der Waals surface area contributed by atoms with Crippen molar-refractivity contribution in [3.05, 3.63) is 91.8 Å². The molecule has 3 aromatic carbocycles. The normalized spacial score (nSPS) is 16.1. The zero-order chi connectivity index (χ0) is 21.3. The number of nitrogens with one attached hydrogen (secondary N) is 2. The van der Waals surface area contributed by atoms with Crippen LogP contribution in [0.5, 0.6) is 0 Å². The topological polar surface area (TPSA) is 70.6 Å². The third-order valence-electron chi connectivity index (χ3n) is 4.68. The number of anilines is 1. The minimum atomic E-state index is -3.73. The van der Waals surface area contributed by atoms with Gasteiger partial charge in [-0.1, -0.05) is 51.8 Å². The van der Waals surface area contributed by atoms with Crippen LogP contribution in [0, 0.1) is 0 Å². The third-order valence-corrected chi connectivity index (χ3v) is 7.80. The molecule has 3 aromatic rings. The predicted octanol–water partition coefficient (Wildman–Crippen LogP) is 6.10. The molecule has 0 fully saturated rings. The van der Waals surface area contributed by atoms with Crippen molar-refractivity contribution in [2.45, 2.75) is 17.4 Å². The van der Waals surface area contributed by atoms with Gasteiger partial charge in [-0.05, 0) is 69.5 Å². The van der Waals surface area contributed by atoms with Crippen LogP contribution in [0.4, 0.5) is 5.69 Å². The Balaban J connectivity index is 1.47. The van der Waals surface area contributed by atoms with Gasteiger partial charge in [0.2, 0.25) is 0 Å². The molecule has 0 saturated heterocycles. The third kappa shape index (κ3) is 4.72. The summed E-state index contributed by atoms with van der Waals surface area (Å²) in [4.78, 5) is 0.163. The van der Waals surface area contributed by atoms with Crippen molar-refractivity contribution in [3.63, 3.8) is 0 Å². The van der Waals surface area contributed by atoms with Crippen LogP contribution in [0.25, 0.3) is 0 Å². The second kappa shape index (κ2) is 8.70. The highest BCUT2D eigenvalue weighted by Crippen LogP contribution is 2.29. The summed E-state index contributed by atoms with van der Waals surface area (Å²) >= 11 is 12.6. The van der Waals surface area contributed by atoms with Gasteiger partial charge in [-0.2, -0.15) is 5.10 Å². The molecule has 1 aliphatic heterocycles. The Morgan fingerprint density at radius 3 is 2.40 bits per heavy atom. The average Bonchev–Trinajstić information content (AvgIpc) is 3.21. The maximum absolute atomic E-state index is 12.7. The second-order valence-corrected chi connectivity index (χ2v) is 10.6. The lowest BCUT2D eigenvalue weighted by molar-refractivity contribution is 0.600. The van der Waals surface area contributed by atoms with E-state index in [1.54, 1.807) is 30.3 Å². The largest absolute Gasteiger partial charge is 0.302 e. The maximum atomic E-state index is 12.7. The molecule has 30 heavy (non-hydrogen) atoms. The molecule has 0 radical (unpaired) electrons. The van der Waals surface area contributed by atoms with Crippen molar-refractivity contribution in [1.82, 2.24) is 5.43 Å². The molecular formula is C21H16Br2ClN3O2S. The highest BCUT2D eigenvalue weighted by molar-refractivity contribution is 9.11. The smallest absolute Gasteiger partial charge is 0.263 e. The molecule has 1 atom stereocenters. The Kier molecular flexibility index (Phi) is 6.20. The van der Waals surface area contributed by atoms with Gasteiger partial charge in [0.1, 0.15) is 4.90 Å². The number of benzene rings is 3. The van der Waals surface area contributed by atoms with Gasteiger partial charge in [0.05, 0.1) is 11.8 Å². The summed E-state index contributed by atoms with van der Waals surface area (Å²) in [5.41, 5.74) is 6.59. The zero-order valence-corrected chi connectivity index (χ0v) is 20.2. The van der Waals surface area contributed by atoms with E-state index in [2.05, 4.69) is 47.1 Å². The summed E-state index contributed by atoms with van der Waals surface area (Å²) in [5.74, 6) is 0. The highest BCUT2D eigenvalue weighted by Gasteiger charge is 2.22. The molecule has 0 amide bonds. The minimum absolute atomic E-state index is 0.0873. The van der Waals surface area contributed by atoms with Gasteiger partial charge in [0, 0.05) is 26.1 Å². The monoisotopic (exact) mass is 567 g/mol.